The number of aryl methyl sites for hydroxylation is 1. The maximum absolute atomic E-state index is 4.13. The van der Waals surface area contributed by atoms with E-state index >= 15 is 0 Å². The number of rotatable bonds is 3. The molecular weight excluding hydrogens is 234 g/mol. The van der Waals surface area contributed by atoms with Crippen molar-refractivity contribution in [2.24, 2.45) is 0 Å². The zero-order valence-electron chi connectivity index (χ0n) is 12.5. The molecule has 0 amide bonds. The molecule has 0 saturated carbocycles. The molecule has 102 valence electrons. The first kappa shape index (κ1) is 13.8. The normalized spacial score (nSPS) is 13.5. The SMILES string of the molecule is Cc1ccc(C(C)Cc2cn[nH]n2)cc1C(C)(C)C. The van der Waals surface area contributed by atoms with Gasteiger partial charge in [0, 0.05) is 0 Å². The lowest BCUT2D eigenvalue weighted by Gasteiger charge is -2.24. The largest absolute Gasteiger partial charge is 0.198 e. The summed E-state index contributed by atoms with van der Waals surface area (Å²) < 4.78 is 0. The lowest BCUT2D eigenvalue weighted by Crippen LogP contribution is -2.14. The van der Waals surface area contributed by atoms with Gasteiger partial charge < -0.3 is 0 Å². The van der Waals surface area contributed by atoms with Crippen LogP contribution in [0.25, 0.3) is 0 Å². The highest BCUT2D eigenvalue weighted by Gasteiger charge is 2.18. The van der Waals surface area contributed by atoms with Crippen molar-refractivity contribution in [3.05, 3.63) is 46.8 Å². The standard InChI is InChI=1S/C16H23N3/c1-11-6-7-13(9-15(11)16(3,4)5)12(2)8-14-10-17-19-18-14/h6-7,9-10,12H,8H2,1-5H3,(H,17,18,19). The van der Waals surface area contributed by atoms with Crippen LogP contribution in [0.4, 0.5) is 0 Å². The summed E-state index contributed by atoms with van der Waals surface area (Å²) in [5.74, 6) is 0.451. The first-order valence-electron chi connectivity index (χ1n) is 6.83. The van der Waals surface area contributed by atoms with E-state index in [1.165, 1.54) is 16.7 Å². The molecule has 2 rings (SSSR count). The first-order valence-corrected chi connectivity index (χ1v) is 6.83. The number of nitrogens with one attached hydrogen (secondary N) is 1. The number of H-pyrrole nitrogens is 1. The molecule has 19 heavy (non-hydrogen) atoms. The van der Waals surface area contributed by atoms with Gasteiger partial charge in [-0.15, -0.1) is 0 Å². The lowest BCUT2D eigenvalue weighted by atomic mass is 9.81. The third kappa shape index (κ3) is 3.22. The molecule has 0 aliphatic heterocycles. The molecule has 0 saturated heterocycles. The molecule has 0 aliphatic rings. The minimum Gasteiger partial charge on any atom is -0.198 e. The molecule has 0 bridgehead atoms. The number of hydrogen-bond donors (Lipinski definition) is 1. The topological polar surface area (TPSA) is 41.6 Å². The van der Waals surface area contributed by atoms with Crippen molar-refractivity contribution >= 4 is 0 Å². The van der Waals surface area contributed by atoms with E-state index in [-0.39, 0.29) is 5.41 Å². The van der Waals surface area contributed by atoms with E-state index in [0.29, 0.717) is 5.92 Å². The van der Waals surface area contributed by atoms with Crippen molar-refractivity contribution in [2.45, 2.75) is 52.4 Å². The zero-order chi connectivity index (χ0) is 14.0. The number of benzene rings is 1. The van der Waals surface area contributed by atoms with Gasteiger partial charge in [-0.1, -0.05) is 45.9 Å². The van der Waals surface area contributed by atoms with E-state index in [2.05, 4.69) is 68.2 Å². The minimum atomic E-state index is 0.188. The quantitative estimate of drug-likeness (QED) is 0.909. The maximum atomic E-state index is 4.13. The number of hydrogen-bond acceptors (Lipinski definition) is 2. The Morgan fingerprint density at radius 3 is 2.58 bits per heavy atom. The van der Waals surface area contributed by atoms with E-state index in [0.717, 1.165) is 12.1 Å². The molecule has 2 aromatic rings. The van der Waals surface area contributed by atoms with Crippen LogP contribution in [0.15, 0.2) is 24.4 Å². The van der Waals surface area contributed by atoms with Crippen LogP contribution in [0.1, 0.15) is 56.0 Å². The fourth-order valence-corrected chi connectivity index (χ4v) is 2.51. The summed E-state index contributed by atoms with van der Waals surface area (Å²) in [6.07, 6.45) is 2.72. The number of nitrogens with zero attached hydrogens (tertiary/aromatic N) is 2. The third-order valence-electron chi connectivity index (χ3n) is 3.62. The van der Waals surface area contributed by atoms with E-state index < -0.39 is 0 Å². The van der Waals surface area contributed by atoms with E-state index in [4.69, 9.17) is 0 Å². The Hall–Kier alpha value is -1.64. The summed E-state index contributed by atoms with van der Waals surface area (Å²) in [6.45, 7) is 11.2. The van der Waals surface area contributed by atoms with Gasteiger partial charge in [-0.05, 0) is 41.4 Å². The monoisotopic (exact) mass is 257 g/mol. The summed E-state index contributed by atoms with van der Waals surface area (Å²) in [5, 5.41) is 10.7. The molecule has 1 atom stereocenters. The summed E-state index contributed by atoms with van der Waals surface area (Å²) in [4.78, 5) is 0. The summed E-state index contributed by atoms with van der Waals surface area (Å²) in [6, 6.07) is 6.81. The molecule has 3 nitrogen and oxygen atoms in total. The van der Waals surface area contributed by atoms with Crippen molar-refractivity contribution in [1.82, 2.24) is 15.4 Å². The van der Waals surface area contributed by atoms with Gasteiger partial charge in [0.2, 0.25) is 0 Å². The van der Waals surface area contributed by atoms with Crippen LogP contribution in [0.3, 0.4) is 0 Å². The Balaban J connectivity index is 2.25. The lowest BCUT2D eigenvalue weighted by molar-refractivity contribution is 0.583. The molecule has 1 aromatic carbocycles. The van der Waals surface area contributed by atoms with Crippen LogP contribution in [0.5, 0.6) is 0 Å². The van der Waals surface area contributed by atoms with Gasteiger partial charge in [0.25, 0.3) is 0 Å². The molecule has 0 fully saturated rings. The Bertz CT molecular complexity index is 536. The van der Waals surface area contributed by atoms with Crippen molar-refractivity contribution in [3.8, 4) is 0 Å². The van der Waals surface area contributed by atoms with Crippen molar-refractivity contribution < 1.29 is 0 Å². The minimum absolute atomic E-state index is 0.188. The second kappa shape index (κ2) is 5.16. The molecule has 0 radical (unpaired) electrons. The van der Waals surface area contributed by atoms with E-state index in [1.54, 1.807) is 6.20 Å². The maximum Gasteiger partial charge on any atom is 0.0830 e. The fraction of sp³-hybridized carbons (Fsp3) is 0.500. The van der Waals surface area contributed by atoms with Gasteiger partial charge in [-0.25, -0.2) is 0 Å². The highest BCUT2D eigenvalue weighted by molar-refractivity contribution is 5.37. The molecule has 3 heteroatoms. The van der Waals surface area contributed by atoms with Crippen LogP contribution >= 0.6 is 0 Å². The van der Waals surface area contributed by atoms with Crippen LogP contribution in [-0.4, -0.2) is 15.4 Å². The van der Waals surface area contributed by atoms with Gasteiger partial charge in [-0.3, -0.25) is 0 Å². The van der Waals surface area contributed by atoms with Gasteiger partial charge in [0.1, 0.15) is 0 Å². The number of aromatic amines is 1. The Kier molecular flexibility index (Phi) is 3.74. The average Bonchev–Trinajstić information content (AvgIpc) is 2.80. The van der Waals surface area contributed by atoms with Crippen LogP contribution in [0, 0.1) is 6.92 Å². The number of aromatic nitrogens is 3. The molecule has 0 spiro atoms. The van der Waals surface area contributed by atoms with Crippen LogP contribution < -0.4 is 0 Å². The van der Waals surface area contributed by atoms with Gasteiger partial charge >= 0.3 is 0 Å². The third-order valence-corrected chi connectivity index (χ3v) is 3.62. The molecular formula is C16H23N3. The second-order valence-electron chi connectivity index (χ2n) is 6.39. The van der Waals surface area contributed by atoms with E-state index in [9.17, 15) is 0 Å². The summed E-state index contributed by atoms with van der Waals surface area (Å²) in [7, 11) is 0. The zero-order valence-corrected chi connectivity index (χ0v) is 12.5. The Morgan fingerprint density at radius 2 is 2.00 bits per heavy atom. The fourth-order valence-electron chi connectivity index (χ4n) is 2.51. The molecule has 0 aliphatic carbocycles. The average molecular weight is 257 g/mol. The highest BCUT2D eigenvalue weighted by Crippen LogP contribution is 2.29. The molecule has 1 unspecified atom stereocenters. The second-order valence-corrected chi connectivity index (χ2v) is 6.39. The smallest absolute Gasteiger partial charge is 0.0830 e. The summed E-state index contributed by atoms with van der Waals surface area (Å²) >= 11 is 0. The molecule has 1 heterocycles. The highest BCUT2D eigenvalue weighted by atomic mass is 15.3. The predicted octanol–water partition coefficient (Wildman–Crippen LogP) is 3.76. The van der Waals surface area contributed by atoms with Gasteiger partial charge in [-0.2, -0.15) is 15.4 Å². The summed E-state index contributed by atoms with van der Waals surface area (Å²) in [5.41, 5.74) is 5.37. The van der Waals surface area contributed by atoms with E-state index in [1.807, 2.05) is 0 Å². The van der Waals surface area contributed by atoms with Crippen molar-refractivity contribution in [1.29, 1.82) is 0 Å². The van der Waals surface area contributed by atoms with Crippen molar-refractivity contribution in [3.63, 3.8) is 0 Å². The van der Waals surface area contributed by atoms with Crippen LogP contribution in [0.2, 0.25) is 0 Å². The van der Waals surface area contributed by atoms with Gasteiger partial charge in [0.15, 0.2) is 0 Å². The van der Waals surface area contributed by atoms with Gasteiger partial charge in [0.05, 0.1) is 11.9 Å². The van der Waals surface area contributed by atoms with Crippen LogP contribution in [-0.2, 0) is 11.8 Å². The Labute approximate surface area is 115 Å². The predicted molar refractivity (Wildman–Crippen MR) is 78.4 cm³/mol. The Morgan fingerprint density at radius 1 is 1.26 bits per heavy atom. The van der Waals surface area contributed by atoms with Crippen molar-refractivity contribution in [2.75, 3.05) is 0 Å². The first-order chi connectivity index (χ1) is 8.88. The molecule has 1 aromatic heterocycles. The molecule has 1 N–H and O–H groups in total.